The predicted octanol–water partition coefficient (Wildman–Crippen LogP) is 4.91. The molecule has 0 radical (unpaired) electrons. The summed E-state index contributed by atoms with van der Waals surface area (Å²) in [6.07, 6.45) is -0.0568. The number of hydrogen-bond acceptors (Lipinski definition) is 2. The predicted molar refractivity (Wildman–Crippen MR) is 90.9 cm³/mol. The summed E-state index contributed by atoms with van der Waals surface area (Å²) >= 11 is 0. The molecule has 1 heterocycles. The number of anilines is 1. The second-order valence-corrected chi connectivity index (χ2v) is 5.32. The van der Waals surface area contributed by atoms with Crippen LogP contribution in [0.15, 0.2) is 66.9 Å². The Kier molecular flexibility index (Phi) is 4.52. The highest BCUT2D eigenvalue weighted by atomic mass is 19.4. The third kappa shape index (κ3) is 4.03. The van der Waals surface area contributed by atoms with E-state index in [2.05, 4.69) is 10.3 Å². The van der Waals surface area contributed by atoms with Crippen LogP contribution in [0.4, 0.5) is 18.9 Å². The molecule has 0 saturated carbocycles. The first-order chi connectivity index (χ1) is 11.9. The number of carbonyl (C=O) groups is 1. The highest BCUT2D eigenvalue weighted by Crippen LogP contribution is 2.32. The zero-order valence-corrected chi connectivity index (χ0v) is 12.9. The van der Waals surface area contributed by atoms with Gasteiger partial charge in [-0.1, -0.05) is 36.4 Å². The van der Waals surface area contributed by atoms with Gasteiger partial charge in [0.15, 0.2) is 0 Å². The van der Waals surface area contributed by atoms with Gasteiger partial charge in [0, 0.05) is 17.7 Å². The van der Waals surface area contributed by atoms with Crippen LogP contribution in [0.3, 0.4) is 0 Å². The van der Waals surface area contributed by atoms with Crippen LogP contribution in [0, 0.1) is 0 Å². The molecule has 3 aromatic rings. The summed E-state index contributed by atoms with van der Waals surface area (Å²) in [5.41, 5.74) is 0.660. The fourth-order valence-electron chi connectivity index (χ4n) is 2.34. The van der Waals surface area contributed by atoms with Crippen molar-refractivity contribution in [3.05, 3.63) is 78.0 Å². The number of nitrogens with zero attached hydrogens (tertiary/aromatic N) is 1. The van der Waals surface area contributed by atoms with Gasteiger partial charge in [0.2, 0.25) is 5.91 Å². The molecule has 6 heteroatoms. The van der Waals surface area contributed by atoms with Gasteiger partial charge < -0.3 is 5.32 Å². The van der Waals surface area contributed by atoms with Gasteiger partial charge in [0.1, 0.15) is 0 Å². The van der Waals surface area contributed by atoms with Crippen LogP contribution in [0.5, 0.6) is 0 Å². The zero-order valence-electron chi connectivity index (χ0n) is 12.9. The number of alkyl halides is 3. The maximum Gasteiger partial charge on any atom is 0.416 e. The lowest BCUT2D eigenvalue weighted by atomic mass is 10.1. The lowest BCUT2D eigenvalue weighted by molar-refractivity contribution is -0.137. The van der Waals surface area contributed by atoms with Crippen LogP contribution >= 0.6 is 0 Å². The van der Waals surface area contributed by atoms with E-state index in [1.807, 2.05) is 30.3 Å². The highest BCUT2D eigenvalue weighted by molar-refractivity contribution is 6.06. The molecule has 0 aliphatic rings. The molecule has 25 heavy (non-hydrogen) atoms. The molecule has 0 atom stereocenters. The SMILES string of the molecule is O=C(/C=C/c1ccccc1)Nc1ccnc2cc(C(F)(F)F)ccc12. The summed E-state index contributed by atoms with van der Waals surface area (Å²) in [7, 11) is 0. The fourth-order valence-corrected chi connectivity index (χ4v) is 2.34. The summed E-state index contributed by atoms with van der Waals surface area (Å²) in [5.74, 6) is -0.378. The number of halogens is 3. The minimum absolute atomic E-state index is 0.166. The Morgan fingerprint density at radius 2 is 1.80 bits per heavy atom. The van der Waals surface area contributed by atoms with Crippen LogP contribution in [0.2, 0.25) is 0 Å². The summed E-state index contributed by atoms with van der Waals surface area (Å²) in [6, 6.07) is 14.1. The quantitative estimate of drug-likeness (QED) is 0.688. The van der Waals surface area contributed by atoms with E-state index < -0.39 is 11.7 Å². The molecule has 0 spiro atoms. The molecule has 0 saturated heterocycles. The number of fused-ring (bicyclic) bond motifs is 1. The average molecular weight is 342 g/mol. The Bertz CT molecular complexity index is 934. The highest BCUT2D eigenvalue weighted by Gasteiger charge is 2.30. The average Bonchev–Trinajstić information content (AvgIpc) is 2.60. The van der Waals surface area contributed by atoms with Crippen molar-refractivity contribution >= 4 is 28.6 Å². The van der Waals surface area contributed by atoms with E-state index in [4.69, 9.17) is 0 Å². The summed E-state index contributed by atoms with van der Waals surface area (Å²) in [5, 5.41) is 3.11. The van der Waals surface area contributed by atoms with Crippen molar-refractivity contribution in [2.75, 3.05) is 5.32 Å². The van der Waals surface area contributed by atoms with Gasteiger partial charge >= 0.3 is 6.18 Å². The van der Waals surface area contributed by atoms with E-state index in [0.29, 0.717) is 11.1 Å². The molecular formula is C19H13F3N2O. The van der Waals surface area contributed by atoms with Gasteiger partial charge in [-0.2, -0.15) is 13.2 Å². The molecule has 0 fully saturated rings. The number of carbonyl (C=O) groups excluding carboxylic acids is 1. The van der Waals surface area contributed by atoms with Crippen LogP contribution in [0.1, 0.15) is 11.1 Å². The van der Waals surface area contributed by atoms with E-state index in [9.17, 15) is 18.0 Å². The first kappa shape index (κ1) is 16.7. The van der Waals surface area contributed by atoms with Gasteiger partial charge in [-0.25, -0.2) is 0 Å². The number of pyridine rings is 1. The van der Waals surface area contributed by atoms with Crippen molar-refractivity contribution in [3.63, 3.8) is 0 Å². The topological polar surface area (TPSA) is 42.0 Å². The number of amides is 1. The van der Waals surface area contributed by atoms with Gasteiger partial charge in [0.05, 0.1) is 16.8 Å². The zero-order chi connectivity index (χ0) is 17.9. The maximum atomic E-state index is 12.8. The van der Waals surface area contributed by atoms with Crippen LogP contribution < -0.4 is 5.32 Å². The summed E-state index contributed by atoms with van der Waals surface area (Å²) in [6.45, 7) is 0. The molecule has 0 bridgehead atoms. The van der Waals surface area contributed by atoms with E-state index >= 15 is 0 Å². The third-order valence-electron chi connectivity index (χ3n) is 3.55. The Hall–Kier alpha value is -3.15. The van der Waals surface area contributed by atoms with E-state index in [-0.39, 0.29) is 11.4 Å². The standard InChI is InChI=1S/C19H13F3N2O/c20-19(21,22)14-7-8-15-16(10-11-23-17(15)12-14)24-18(25)9-6-13-4-2-1-3-5-13/h1-12H,(H,23,24,25)/b9-6+. The second-order valence-electron chi connectivity index (χ2n) is 5.32. The van der Waals surface area contributed by atoms with Gasteiger partial charge in [-0.3, -0.25) is 9.78 Å². The van der Waals surface area contributed by atoms with Crippen molar-refractivity contribution in [1.82, 2.24) is 4.98 Å². The Labute approximate surface area is 141 Å². The maximum absolute atomic E-state index is 12.8. The lowest BCUT2D eigenvalue weighted by Gasteiger charge is -2.10. The number of benzene rings is 2. The largest absolute Gasteiger partial charge is 0.416 e. The molecule has 0 unspecified atom stereocenters. The van der Waals surface area contributed by atoms with Gasteiger partial charge in [-0.15, -0.1) is 0 Å². The number of rotatable bonds is 3. The third-order valence-corrected chi connectivity index (χ3v) is 3.55. The van der Waals surface area contributed by atoms with Crippen molar-refractivity contribution in [1.29, 1.82) is 0 Å². The Balaban J connectivity index is 1.84. The molecule has 1 amide bonds. The number of hydrogen-bond donors (Lipinski definition) is 1. The monoisotopic (exact) mass is 342 g/mol. The molecular weight excluding hydrogens is 329 g/mol. The smallest absolute Gasteiger partial charge is 0.322 e. The van der Waals surface area contributed by atoms with Gasteiger partial charge in [-0.05, 0) is 29.8 Å². The van der Waals surface area contributed by atoms with Crippen molar-refractivity contribution in [3.8, 4) is 0 Å². The fraction of sp³-hybridized carbons (Fsp3) is 0.0526. The molecule has 1 aromatic heterocycles. The molecule has 0 aliphatic carbocycles. The van der Waals surface area contributed by atoms with E-state index in [1.165, 1.54) is 18.3 Å². The molecule has 0 aliphatic heterocycles. The molecule has 3 rings (SSSR count). The molecule has 2 aromatic carbocycles. The van der Waals surface area contributed by atoms with E-state index in [0.717, 1.165) is 17.7 Å². The number of aromatic nitrogens is 1. The first-order valence-corrected chi connectivity index (χ1v) is 7.43. The summed E-state index contributed by atoms with van der Waals surface area (Å²) in [4.78, 5) is 16.0. The van der Waals surface area contributed by atoms with Gasteiger partial charge in [0.25, 0.3) is 0 Å². The molecule has 3 nitrogen and oxygen atoms in total. The molecule has 126 valence electrons. The second kappa shape index (κ2) is 6.76. The lowest BCUT2D eigenvalue weighted by Crippen LogP contribution is -2.09. The van der Waals surface area contributed by atoms with Crippen LogP contribution in [-0.4, -0.2) is 10.9 Å². The van der Waals surface area contributed by atoms with Crippen molar-refractivity contribution in [2.45, 2.75) is 6.18 Å². The molecule has 1 N–H and O–H groups in total. The van der Waals surface area contributed by atoms with Crippen LogP contribution in [0.25, 0.3) is 17.0 Å². The van der Waals surface area contributed by atoms with Crippen LogP contribution in [-0.2, 0) is 11.0 Å². The number of nitrogens with one attached hydrogen (secondary N) is 1. The summed E-state index contributed by atoms with van der Waals surface area (Å²) < 4.78 is 38.3. The Morgan fingerprint density at radius 1 is 1.04 bits per heavy atom. The van der Waals surface area contributed by atoms with Crippen molar-refractivity contribution < 1.29 is 18.0 Å². The van der Waals surface area contributed by atoms with Crippen molar-refractivity contribution in [2.24, 2.45) is 0 Å². The minimum Gasteiger partial charge on any atom is -0.322 e. The first-order valence-electron chi connectivity index (χ1n) is 7.43. The Morgan fingerprint density at radius 3 is 2.52 bits per heavy atom. The minimum atomic E-state index is -4.44. The van der Waals surface area contributed by atoms with E-state index in [1.54, 1.807) is 12.1 Å². The normalized spacial score (nSPS) is 11.8.